The molecule has 6 atom stereocenters. The van der Waals surface area contributed by atoms with Gasteiger partial charge in [-0.05, 0) is 25.6 Å². The van der Waals surface area contributed by atoms with Gasteiger partial charge in [-0.25, -0.2) is 4.57 Å². The fraction of sp³-hybridized carbons (Fsp3) is 0.828. The average Bonchev–Trinajstić information content (AvgIpc) is 3.23. The van der Waals surface area contributed by atoms with Crippen molar-refractivity contribution in [2.24, 2.45) is 0 Å². The number of hydrogen-bond donors (Lipinski definition) is 5. The van der Waals surface area contributed by atoms with Gasteiger partial charge in [0.1, 0.15) is 17.8 Å². The standard InChI is InChI=1S/C29H49F3N3O10PS/c1-3-4-5-6-7-8-9-10-11-12-13-14-17-42-18-21(33-25(38)29(30,31)32)19-43-46(40,41)44-20-22-24(37)28(2,39)26(45-22)35-16-15-23(36)34-27(35)47/h15-16,21-22,24,26,37,39H,3-14,17-20H2,1-2H3,(H,33,38)(H,40,41)(H,34,36,47)/t21-,22-,24+,26-,28?/m1/s1/i20D2. The number of nitrogens with zero attached hydrogens (tertiary/aromatic N) is 1. The molecule has 2 unspecified atom stereocenters. The molecule has 1 fully saturated rings. The molecule has 1 aromatic heterocycles. The molecule has 1 aliphatic heterocycles. The van der Waals surface area contributed by atoms with E-state index in [0.717, 1.165) is 49.4 Å². The number of unbranched alkanes of at least 4 members (excludes halogenated alkanes) is 11. The molecule has 0 aromatic carbocycles. The number of hydrogen-bond acceptors (Lipinski definition) is 10. The number of phosphoric acid groups is 1. The van der Waals surface area contributed by atoms with Crippen molar-refractivity contribution in [3.63, 3.8) is 0 Å². The minimum Gasteiger partial charge on any atom is -0.387 e. The number of rotatable bonds is 23. The van der Waals surface area contributed by atoms with Crippen LogP contribution in [-0.4, -0.2) is 87.0 Å². The van der Waals surface area contributed by atoms with E-state index in [-0.39, 0.29) is 11.4 Å². The van der Waals surface area contributed by atoms with Crippen molar-refractivity contribution < 1.29 is 58.9 Å². The normalized spacial score (nSPS) is 24.4. The number of H-pyrrole nitrogens is 1. The third kappa shape index (κ3) is 14.8. The second-order valence-electron chi connectivity index (χ2n) is 11.7. The Bertz CT molecular complexity index is 1340. The van der Waals surface area contributed by atoms with Crippen LogP contribution < -0.4 is 10.9 Å². The van der Waals surface area contributed by atoms with E-state index in [1.54, 1.807) is 5.32 Å². The van der Waals surface area contributed by atoms with Crippen LogP contribution in [0.1, 0.15) is 99.9 Å². The highest BCUT2D eigenvalue weighted by Crippen LogP contribution is 2.45. The van der Waals surface area contributed by atoms with Crippen molar-refractivity contribution in [3.8, 4) is 0 Å². The van der Waals surface area contributed by atoms with Gasteiger partial charge in [0.25, 0.3) is 5.56 Å². The molecule has 0 bridgehead atoms. The Morgan fingerprint density at radius 3 is 2.28 bits per heavy atom. The molecule has 5 N–H and O–H groups in total. The first-order chi connectivity index (χ1) is 22.8. The first kappa shape index (κ1) is 38.1. The highest BCUT2D eigenvalue weighted by atomic mass is 32.1. The molecule has 1 aromatic rings. The van der Waals surface area contributed by atoms with E-state index in [2.05, 4.69) is 16.4 Å². The number of ether oxygens (including phenoxy) is 2. The number of carbonyl (C=O) groups excluding carboxylic acids is 1. The second kappa shape index (κ2) is 20.1. The van der Waals surface area contributed by atoms with E-state index in [9.17, 15) is 42.4 Å². The molecular formula is C29H49F3N3O10PS. The zero-order valence-corrected chi connectivity index (χ0v) is 28.4. The lowest BCUT2D eigenvalue weighted by molar-refractivity contribution is -0.175. The summed E-state index contributed by atoms with van der Waals surface area (Å²) in [6.45, 7) is -1.54. The molecular weight excluding hydrogens is 670 g/mol. The molecule has 1 saturated heterocycles. The van der Waals surface area contributed by atoms with Gasteiger partial charge in [-0.2, -0.15) is 13.2 Å². The average molecular weight is 722 g/mol. The van der Waals surface area contributed by atoms with Gasteiger partial charge >= 0.3 is 19.9 Å². The third-order valence-electron chi connectivity index (χ3n) is 7.54. The summed E-state index contributed by atoms with van der Waals surface area (Å²) < 4.78 is 88.8. The minimum atomic E-state index is -5.46. The van der Waals surface area contributed by atoms with Crippen LogP contribution in [0.2, 0.25) is 0 Å². The van der Waals surface area contributed by atoms with Crippen molar-refractivity contribution in [2.75, 3.05) is 26.4 Å². The van der Waals surface area contributed by atoms with Gasteiger partial charge in [0.05, 0.1) is 28.6 Å². The smallest absolute Gasteiger partial charge is 0.387 e. The number of aromatic amines is 1. The number of aliphatic hydroxyl groups excluding tert-OH is 1. The number of aromatic nitrogens is 2. The van der Waals surface area contributed by atoms with Crippen molar-refractivity contribution in [2.45, 2.75) is 127 Å². The fourth-order valence-electron chi connectivity index (χ4n) is 4.85. The van der Waals surface area contributed by atoms with Crippen LogP contribution in [-0.2, 0) is 27.9 Å². The zero-order valence-electron chi connectivity index (χ0n) is 28.7. The molecule has 47 heavy (non-hydrogen) atoms. The van der Waals surface area contributed by atoms with Gasteiger partial charge in [0.2, 0.25) is 0 Å². The van der Waals surface area contributed by atoms with Crippen LogP contribution in [0.25, 0.3) is 0 Å². The highest BCUT2D eigenvalue weighted by molar-refractivity contribution is 7.71. The van der Waals surface area contributed by atoms with Crippen molar-refractivity contribution >= 4 is 25.9 Å². The number of halogens is 3. The van der Waals surface area contributed by atoms with E-state index >= 15 is 0 Å². The molecule has 1 aliphatic rings. The van der Waals surface area contributed by atoms with E-state index in [1.807, 2.05) is 0 Å². The molecule has 272 valence electrons. The van der Waals surface area contributed by atoms with Gasteiger partial charge in [-0.3, -0.25) is 28.2 Å². The van der Waals surface area contributed by atoms with Crippen LogP contribution in [0, 0.1) is 4.77 Å². The van der Waals surface area contributed by atoms with Crippen molar-refractivity contribution in [3.05, 3.63) is 27.4 Å². The fourth-order valence-corrected chi connectivity index (χ4v) is 5.77. The van der Waals surface area contributed by atoms with E-state index in [1.165, 1.54) is 44.9 Å². The van der Waals surface area contributed by atoms with Gasteiger partial charge < -0.3 is 29.9 Å². The topological polar surface area (TPSA) is 182 Å². The molecule has 1 amide bonds. The summed E-state index contributed by atoms with van der Waals surface area (Å²) >= 11 is 5.03. The summed E-state index contributed by atoms with van der Waals surface area (Å²) in [4.78, 5) is 35.6. The maximum atomic E-state index is 12.9. The summed E-state index contributed by atoms with van der Waals surface area (Å²) in [7, 11) is -5.46. The summed E-state index contributed by atoms with van der Waals surface area (Å²) in [5, 5.41) is 23.2. The third-order valence-corrected chi connectivity index (χ3v) is 8.67. The Labute approximate surface area is 280 Å². The van der Waals surface area contributed by atoms with Crippen LogP contribution in [0.5, 0.6) is 0 Å². The van der Waals surface area contributed by atoms with Gasteiger partial charge in [0, 0.05) is 18.9 Å². The van der Waals surface area contributed by atoms with Crippen LogP contribution >= 0.6 is 20.0 Å². The molecule has 2 heterocycles. The van der Waals surface area contributed by atoms with E-state index < -0.39 is 75.3 Å². The Balaban J connectivity index is 1.89. The first-order valence-electron chi connectivity index (χ1n) is 16.8. The maximum Gasteiger partial charge on any atom is 0.472 e. The Kier molecular flexibility index (Phi) is 16.3. The summed E-state index contributed by atoms with van der Waals surface area (Å²) in [5.74, 6) is -2.35. The summed E-state index contributed by atoms with van der Waals surface area (Å²) in [6, 6.07) is -0.561. The summed E-state index contributed by atoms with van der Waals surface area (Å²) in [5.41, 5.74) is -2.86. The van der Waals surface area contributed by atoms with E-state index in [4.69, 9.17) is 29.0 Å². The predicted octanol–water partition coefficient (Wildman–Crippen LogP) is 4.81. The molecule has 18 heteroatoms. The van der Waals surface area contributed by atoms with Crippen LogP contribution in [0.3, 0.4) is 0 Å². The molecule has 13 nitrogen and oxygen atoms in total. The van der Waals surface area contributed by atoms with Crippen LogP contribution in [0.4, 0.5) is 13.2 Å². The second-order valence-corrected chi connectivity index (χ2v) is 13.5. The molecule has 0 spiro atoms. The monoisotopic (exact) mass is 721 g/mol. The lowest BCUT2D eigenvalue weighted by Gasteiger charge is -2.28. The number of carbonyl (C=O) groups is 1. The number of aliphatic hydroxyl groups is 2. The maximum absolute atomic E-state index is 12.9. The minimum absolute atomic E-state index is 0.142. The molecule has 0 saturated carbocycles. The van der Waals surface area contributed by atoms with Gasteiger partial charge in [0.15, 0.2) is 11.0 Å². The number of amides is 1. The SMILES string of the molecule is [2H]C([2H])(OP(=O)(O)OC[C@@H](COCCCCCCCCCCCCCC)NC(=O)C(F)(F)F)[C@H]1O[C@@H](n2ccc(=O)[nH]c2=S)C(C)(O)[C@H]1O. The number of nitrogens with one attached hydrogen (secondary N) is 2. The molecule has 0 aliphatic carbocycles. The lowest BCUT2D eigenvalue weighted by atomic mass is 9.96. The van der Waals surface area contributed by atoms with Gasteiger partial charge in [-0.15, -0.1) is 0 Å². The largest absolute Gasteiger partial charge is 0.472 e. The lowest BCUT2D eigenvalue weighted by Crippen LogP contribution is -2.47. The van der Waals surface area contributed by atoms with Gasteiger partial charge in [-0.1, -0.05) is 77.6 Å². The number of alkyl halides is 3. The Morgan fingerprint density at radius 1 is 1.15 bits per heavy atom. The predicted molar refractivity (Wildman–Crippen MR) is 168 cm³/mol. The quantitative estimate of drug-likeness (QED) is 0.0594. The molecule has 0 radical (unpaired) electrons. The summed E-state index contributed by atoms with van der Waals surface area (Å²) in [6.07, 6.45) is 3.21. The first-order valence-corrected chi connectivity index (χ1v) is 17.7. The number of phosphoric ester groups is 1. The van der Waals surface area contributed by atoms with E-state index in [0.29, 0.717) is 6.42 Å². The van der Waals surface area contributed by atoms with Crippen molar-refractivity contribution in [1.82, 2.24) is 14.9 Å². The Hall–Kier alpha value is -1.69. The van der Waals surface area contributed by atoms with Crippen molar-refractivity contribution in [1.29, 1.82) is 0 Å². The van der Waals surface area contributed by atoms with Crippen LogP contribution in [0.15, 0.2) is 17.1 Å². The highest BCUT2D eigenvalue weighted by Gasteiger charge is 2.53. The zero-order chi connectivity index (χ0) is 36.9. The Morgan fingerprint density at radius 2 is 1.72 bits per heavy atom. The molecule has 2 rings (SSSR count).